The molecule has 2 aliphatic rings. The van der Waals surface area contributed by atoms with Gasteiger partial charge in [0, 0.05) is 26.2 Å². The van der Waals surface area contributed by atoms with Gasteiger partial charge in [-0.1, -0.05) is 13.8 Å². The van der Waals surface area contributed by atoms with E-state index in [1.807, 2.05) is 6.92 Å². The number of piperazine rings is 1. The highest BCUT2D eigenvalue weighted by atomic mass is 16.5. The molecule has 1 N–H and O–H groups in total. The minimum Gasteiger partial charge on any atom is -0.465 e. The molecule has 2 fully saturated rings. The van der Waals surface area contributed by atoms with E-state index in [0.29, 0.717) is 18.4 Å². The summed E-state index contributed by atoms with van der Waals surface area (Å²) in [5.74, 6) is 1.31. The maximum absolute atomic E-state index is 12.6. The molecule has 1 aliphatic heterocycles. The third-order valence-electron chi connectivity index (χ3n) is 5.02. The van der Waals surface area contributed by atoms with Gasteiger partial charge in [-0.25, -0.2) is 0 Å². The van der Waals surface area contributed by atoms with Crippen LogP contribution in [0.25, 0.3) is 0 Å². The van der Waals surface area contributed by atoms with Gasteiger partial charge in [-0.15, -0.1) is 0 Å². The molecule has 1 heterocycles. The number of carbonyl (C=O) groups excluding carboxylic acids is 1. The van der Waals surface area contributed by atoms with Crippen molar-refractivity contribution in [2.75, 3.05) is 32.8 Å². The van der Waals surface area contributed by atoms with Crippen LogP contribution >= 0.6 is 0 Å². The Balaban J connectivity index is 2.19. The molecule has 0 aromatic heterocycles. The standard InChI is InChI=1S/C15H28N2O2/c1-4-19-14(18)15(17-9-7-16-8-10-17)6-5-12(2)13(3)11-15/h12-13,16H,4-11H2,1-3H3. The summed E-state index contributed by atoms with van der Waals surface area (Å²) in [5.41, 5.74) is -0.357. The van der Waals surface area contributed by atoms with Crippen molar-refractivity contribution in [3.05, 3.63) is 0 Å². The molecule has 3 atom stereocenters. The Morgan fingerprint density at radius 2 is 2.00 bits per heavy atom. The molecule has 19 heavy (non-hydrogen) atoms. The average molecular weight is 268 g/mol. The molecule has 3 unspecified atom stereocenters. The normalized spacial score (nSPS) is 37.0. The highest BCUT2D eigenvalue weighted by molar-refractivity contribution is 5.81. The molecule has 2 rings (SSSR count). The molecular formula is C15H28N2O2. The van der Waals surface area contributed by atoms with Crippen LogP contribution in [0.2, 0.25) is 0 Å². The van der Waals surface area contributed by atoms with Gasteiger partial charge in [0.05, 0.1) is 6.61 Å². The van der Waals surface area contributed by atoms with Gasteiger partial charge in [-0.05, 0) is 38.0 Å². The predicted octanol–water partition coefficient (Wildman–Crippen LogP) is 1.65. The summed E-state index contributed by atoms with van der Waals surface area (Å²) >= 11 is 0. The molecule has 4 nitrogen and oxygen atoms in total. The van der Waals surface area contributed by atoms with Crippen LogP contribution in [0, 0.1) is 11.8 Å². The lowest BCUT2D eigenvalue weighted by Crippen LogP contribution is -2.62. The zero-order chi connectivity index (χ0) is 13.9. The van der Waals surface area contributed by atoms with Crippen LogP contribution in [0.3, 0.4) is 0 Å². The van der Waals surface area contributed by atoms with Crippen LogP contribution in [0.1, 0.15) is 40.0 Å². The first-order valence-electron chi connectivity index (χ1n) is 7.73. The highest BCUT2D eigenvalue weighted by Crippen LogP contribution is 2.41. The maximum atomic E-state index is 12.6. The van der Waals surface area contributed by atoms with Gasteiger partial charge < -0.3 is 10.1 Å². The van der Waals surface area contributed by atoms with Crippen molar-refractivity contribution >= 4 is 5.97 Å². The summed E-state index contributed by atoms with van der Waals surface area (Å²) in [6.07, 6.45) is 3.04. The maximum Gasteiger partial charge on any atom is 0.326 e. The van der Waals surface area contributed by atoms with Gasteiger partial charge in [-0.2, -0.15) is 0 Å². The molecule has 0 spiro atoms. The SMILES string of the molecule is CCOC(=O)C1(N2CCNCC2)CCC(C)C(C)C1. The second-order valence-electron chi connectivity index (χ2n) is 6.19. The second kappa shape index (κ2) is 6.23. The van der Waals surface area contributed by atoms with E-state index < -0.39 is 0 Å². The Bertz CT molecular complexity index is 315. The second-order valence-corrected chi connectivity index (χ2v) is 6.19. The van der Waals surface area contributed by atoms with Crippen LogP contribution in [0.4, 0.5) is 0 Å². The fraction of sp³-hybridized carbons (Fsp3) is 0.933. The van der Waals surface area contributed by atoms with Crippen LogP contribution in [0.15, 0.2) is 0 Å². The lowest BCUT2D eigenvalue weighted by molar-refractivity contribution is -0.163. The molecule has 0 aromatic rings. The van der Waals surface area contributed by atoms with E-state index >= 15 is 0 Å². The molecule has 110 valence electrons. The number of nitrogens with zero attached hydrogens (tertiary/aromatic N) is 1. The molecule has 1 aliphatic carbocycles. The number of hydrogen-bond acceptors (Lipinski definition) is 4. The van der Waals surface area contributed by atoms with Crippen LogP contribution in [-0.2, 0) is 9.53 Å². The van der Waals surface area contributed by atoms with E-state index in [0.717, 1.165) is 45.4 Å². The van der Waals surface area contributed by atoms with E-state index in [-0.39, 0.29) is 11.5 Å². The van der Waals surface area contributed by atoms with Crippen molar-refractivity contribution in [3.8, 4) is 0 Å². The van der Waals surface area contributed by atoms with Crippen LogP contribution < -0.4 is 5.32 Å². The number of ether oxygens (including phenoxy) is 1. The molecule has 0 bridgehead atoms. The average Bonchev–Trinajstić information content (AvgIpc) is 2.43. The fourth-order valence-corrected chi connectivity index (χ4v) is 3.55. The zero-order valence-corrected chi connectivity index (χ0v) is 12.6. The number of rotatable bonds is 3. The van der Waals surface area contributed by atoms with E-state index in [4.69, 9.17) is 4.74 Å². The molecule has 1 saturated carbocycles. The summed E-state index contributed by atoms with van der Waals surface area (Å²) in [7, 11) is 0. The Morgan fingerprint density at radius 3 is 2.58 bits per heavy atom. The summed E-state index contributed by atoms with van der Waals surface area (Å²) in [6, 6.07) is 0. The lowest BCUT2D eigenvalue weighted by Gasteiger charge is -2.49. The van der Waals surface area contributed by atoms with Gasteiger partial charge in [-0.3, -0.25) is 9.69 Å². The number of nitrogens with one attached hydrogen (secondary N) is 1. The highest BCUT2D eigenvalue weighted by Gasteiger charge is 2.49. The molecule has 4 heteroatoms. The summed E-state index contributed by atoms with van der Waals surface area (Å²) in [5, 5.41) is 3.37. The van der Waals surface area contributed by atoms with Gasteiger partial charge in [0.1, 0.15) is 5.54 Å². The monoisotopic (exact) mass is 268 g/mol. The van der Waals surface area contributed by atoms with Gasteiger partial charge >= 0.3 is 5.97 Å². The van der Waals surface area contributed by atoms with Crippen molar-refractivity contribution in [1.29, 1.82) is 0 Å². The third kappa shape index (κ3) is 2.95. The van der Waals surface area contributed by atoms with Gasteiger partial charge in [0.25, 0.3) is 0 Å². The summed E-state index contributed by atoms with van der Waals surface area (Å²) in [6.45, 7) is 10.8. The number of hydrogen-bond donors (Lipinski definition) is 1. The molecule has 0 radical (unpaired) electrons. The third-order valence-corrected chi connectivity index (χ3v) is 5.02. The first-order valence-corrected chi connectivity index (χ1v) is 7.73. The van der Waals surface area contributed by atoms with Crippen molar-refractivity contribution in [2.24, 2.45) is 11.8 Å². The first kappa shape index (κ1) is 14.8. The Kier molecular flexibility index (Phi) is 4.85. The minimum absolute atomic E-state index is 0.00986. The molecule has 0 amide bonds. The van der Waals surface area contributed by atoms with E-state index in [1.54, 1.807) is 0 Å². The Labute approximate surface area is 116 Å². The van der Waals surface area contributed by atoms with E-state index in [1.165, 1.54) is 0 Å². The van der Waals surface area contributed by atoms with Crippen LogP contribution in [0.5, 0.6) is 0 Å². The summed E-state index contributed by atoms with van der Waals surface area (Å²) < 4.78 is 5.42. The lowest BCUT2D eigenvalue weighted by atomic mass is 9.70. The van der Waals surface area contributed by atoms with Gasteiger partial charge in [0.2, 0.25) is 0 Å². The molecule has 1 saturated heterocycles. The van der Waals surface area contributed by atoms with Crippen molar-refractivity contribution in [1.82, 2.24) is 10.2 Å². The largest absolute Gasteiger partial charge is 0.465 e. The smallest absolute Gasteiger partial charge is 0.326 e. The van der Waals surface area contributed by atoms with E-state index in [2.05, 4.69) is 24.1 Å². The van der Waals surface area contributed by atoms with Gasteiger partial charge in [0.15, 0.2) is 0 Å². The quantitative estimate of drug-likeness (QED) is 0.790. The van der Waals surface area contributed by atoms with Crippen LogP contribution in [-0.4, -0.2) is 49.2 Å². The number of esters is 1. The topological polar surface area (TPSA) is 41.6 Å². The molecule has 0 aromatic carbocycles. The number of carbonyl (C=O) groups is 1. The van der Waals surface area contributed by atoms with Crippen molar-refractivity contribution in [3.63, 3.8) is 0 Å². The van der Waals surface area contributed by atoms with E-state index in [9.17, 15) is 4.79 Å². The Morgan fingerprint density at radius 1 is 1.32 bits per heavy atom. The minimum atomic E-state index is -0.357. The van der Waals surface area contributed by atoms with Crippen molar-refractivity contribution in [2.45, 2.75) is 45.6 Å². The summed E-state index contributed by atoms with van der Waals surface area (Å²) in [4.78, 5) is 15.0. The zero-order valence-electron chi connectivity index (χ0n) is 12.6. The molecular weight excluding hydrogens is 240 g/mol. The fourth-order valence-electron chi connectivity index (χ4n) is 3.55. The Hall–Kier alpha value is -0.610. The van der Waals surface area contributed by atoms with Crippen molar-refractivity contribution < 1.29 is 9.53 Å². The predicted molar refractivity (Wildman–Crippen MR) is 76.0 cm³/mol. The first-order chi connectivity index (χ1) is 9.10.